The molecule has 1 amide bonds. The van der Waals surface area contributed by atoms with Crippen molar-refractivity contribution in [2.24, 2.45) is 7.05 Å². The maximum atomic E-state index is 12.3. The molecule has 0 fully saturated rings. The van der Waals surface area contributed by atoms with E-state index in [-0.39, 0.29) is 11.7 Å². The summed E-state index contributed by atoms with van der Waals surface area (Å²) >= 11 is 7.48. The van der Waals surface area contributed by atoms with E-state index in [0.717, 1.165) is 17.1 Å². The lowest BCUT2D eigenvalue weighted by Gasteiger charge is -2.12. The van der Waals surface area contributed by atoms with Gasteiger partial charge in [0.1, 0.15) is 0 Å². The summed E-state index contributed by atoms with van der Waals surface area (Å²) < 4.78 is 1.90. The minimum absolute atomic E-state index is 0.138. The maximum Gasteiger partial charge on any atom is 0.234 e. The first-order valence-corrected chi connectivity index (χ1v) is 10.6. The number of carbonyl (C=O) groups excluding carboxylic acids is 1. The molecule has 2 aromatic carbocycles. The van der Waals surface area contributed by atoms with Gasteiger partial charge in [0.2, 0.25) is 5.91 Å². The molecule has 0 saturated carbocycles. The zero-order valence-corrected chi connectivity index (χ0v) is 18.5. The number of aryl methyl sites for hydroxylation is 3. The molecule has 0 bridgehead atoms. The smallest absolute Gasteiger partial charge is 0.234 e. The third-order valence-corrected chi connectivity index (χ3v) is 5.91. The van der Waals surface area contributed by atoms with Crippen LogP contribution in [0, 0.1) is 20.8 Å². The van der Waals surface area contributed by atoms with Gasteiger partial charge in [0.15, 0.2) is 11.0 Å². The molecule has 1 aromatic heterocycles. The zero-order chi connectivity index (χ0) is 21.0. The van der Waals surface area contributed by atoms with Gasteiger partial charge in [-0.2, -0.15) is 0 Å². The van der Waals surface area contributed by atoms with Crippen molar-refractivity contribution in [3.63, 3.8) is 0 Å². The number of hydrogen-bond acceptors (Lipinski definition) is 5. The van der Waals surface area contributed by atoms with Crippen molar-refractivity contribution >= 4 is 40.6 Å². The lowest BCUT2D eigenvalue weighted by atomic mass is 10.1. The first-order valence-electron chi connectivity index (χ1n) is 9.22. The van der Waals surface area contributed by atoms with E-state index in [9.17, 15) is 4.79 Å². The SMILES string of the molecule is Cc1ccc(Cl)c(NC(=O)CSc2nnc(CNc3c(C)cccc3C)n2C)c1. The Morgan fingerprint density at radius 2 is 1.86 bits per heavy atom. The van der Waals surface area contributed by atoms with E-state index in [1.807, 2.05) is 36.7 Å². The minimum Gasteiger partial charge on any atom is -0.377 e. The van der Waals surface area contributed by atoms with Crippen LogP contribution in [-0.2, 0) is 18.4 Å². The fourth-order valence-corrected chi connectivity index (χ4v) is 3.83. The topological polar surface area (TPSA) is 71.8 Å². The summed E-state index contributed by atoms with van der Waals surface area (Å²) in [4.78, 5) is 12.3. The van der Waals surface area contributed by atoms with Crippen LogP contribution >= 0.6 is 23.4 Å². The highest BCUT2D eigenvalue weighted by Crippen LogP contribution is 2.24. The zero-order valence-electron chi connectivity index (χ0n) is 16.9. The van der Waals surface area contributed by atoms with Crippen LogP contribution in [0.15, 0.2) is 41.6 Å². The maximum absolute atomic E-state index is 12.3. The molecule has 2 N–H and O–H groups in total. The van der Waals surface area contributed by atoms with Crippen LogP contribution in [0.25, 0.3) is 0 Å². The van der Waals surface area contributed by atoms with Crippen LogP contribution in [0.4, 0.5) is 11.4 Å². The Hall–Kier alpha value is -2.51. The van der Waals surface area contributed by atoms with E-state index < -0.39 is 0 Å². The molecule has 8 heteroatoms. The lowest BCUT2D eigenvalue weighted by molar-refractivity contribution is -0.113. The molecule has 0 aliphatic carbocycles. The molecule has 0 aliphatic rings. The van der Waals surface area contributed by atoms with Crippen LogP contribution in [-0.4, -0.2) is 26.4 Å². The Balaban J connectivity index is 1.58. The standard InChI is InChI=1S/C21H24ClN5OS/c1-13-8-9-16(22)17(10-13)24-19(28)12-29-21-26-25-18(27(21)4)11-23-20-14(2)6-5-7-15(20)3/h5-10,23H,11-12H2,1-4H3,(H,24,28). The summed E-state index contributed by atoms with van der Waals surface area (Å²) in [6.07, 6.45) is 0. The Kier molecular flexibility index (Phi) is 6.82. The first-order chi connectivity index (χ1) is 13.8. The van der Waals surface area contributed by atoms with Crippen molar-refractivity contribution < 1.29 is 4.79 Å². The number of rotatable bonds is 7. The normalized spacial score (nSPS) is 10.8. The number of hydrogen-bond donors (Lipinski definition) is 2. The van der Waals surface area contributed by atoms with Gasteiger partial charge in [-0.1, -0.05) is 47.6 Å². The fourth-order valence-electron chi connectivity index (χ4n) is 2.94. The molecule has 6 nitrogen and oxygen atoms in total. The highest BCUT2D eigenvalue weighted by Gasteiger charge is 2.13. The van der Waals surface area contributed by atoms with Gasteiger partial charge in [-0.15, -0.1) is 10.2 Å². The van der Waals surface area contributed by atoms with Crippen LogP contribution in [0.5, 0.6) is 0 Å². The van der Waals surface area contributed by atoms with Gasteiger partial charge < -0.3 is 15.2 Å². The second-order valence-corrected chi connectivity index (χ2v) is 8.25. The molecule has 0 spiro atoms. The fraction of sp³-hybridized carbons (Fsp3) is 0.286. The molecule has 0 unspecified atom stereocenters. The third kappa shape index (κ3) is 5.31. The lowest BCUT2D eigenvalue weighted by Crippen LogP contribution is -2.15. The van der Waals surface area contributed by atoms with Gasteiger partial charge in [0, 0.05) is 12.7 Å². The molecule has 152 valence electrons. The van der Waals surface area contributed by atoms with Crippen molar-refractivity contribution in [1.82, 2.24) is 14.8 Å². The number of para-hydroxylation sites is 1. The third-order valence-electron chi connectivity index (χ3n) is 4.56. The summed E-state index contributed by atoms with van der Waals surface area (Å²) in [6.45, 7) is 6.66. The van der Waals surface area contributed by atoms with Crippen molar-refractivity contribution in [3.8, 4) is 0 Å². The molecule has 1 heterocycles. The van der Waals surface area contributed by atoms with E-state index in [1.165, 1.54) is 22.9 Å². The van der Waals surface area contributed by atoms with Crippen LogP contribution < -0.4 is 10.6 Å². The Bertz CT molecular complexity index is 1010. The van der Waals surface area contributed by atoms with Crippen molar-refractivity contribution in [2.45, 2.75) is 32.5 Å². The van der Waals surface area contributed by atoms with Crippen molar-refractivity contribution in [1.29, 1.82) is 0 Å². The quantitative estimate of drug-likeness (QED) is 0.531. The summed E-state index contributed by atoms with van der Waals surface area (Å²) in [5.41, 5.74) is 5.14. The van der Waals surface area contributed by atoms with E-state index in [1.54, 1.807) is 6.07 Å². The highest BCUT2D eigenvalue weighted by atomic mass is 35.5. The monoisotopic (exact) mass is 429 g/mol. The summed E-state index contributed by atoms with van der Waals surface area (Å²) in [5.74, 6) is 0.888. The van der Waals surface area contributed by atoms with Crippen LogP contribution in [0.3, 0.4) is 0 Å². The number of nitrogens with zero attached hydrogens (tertiary/aromatic N) is 3. The predicted molar refractivity (Wildman–Crippen MR) is 120 cm³/mol. The van der Waals surface area contributed by atoms with E-state index >= 15 is 0 Å². The molecule has 0 atom stereocenters. The number of nitrogens with one attached hydrogen (secondary N) is 2. The van der Waals surface area contributed by atoms with Crippen molar-refractivity contribution in [2.75, 3.05) is 16.4 Å². The van der Waals surface area contributed by atoms with Crippen LogP contribution in [0.2, 0.25) is 5.02 Å². The van der Waals surface area contributed by atoms with E-state index in [2.05, 4.69) is 46.8 Å². The Morgan fingerprint density at radius 1 is 1.14 bits per heavy atom. The second-order valence-electron chi connectivity index (χ2n) is 6.90. The molecular weight excluding hydrogens is 406 g/mol. The predicted octanol–water partition coefficient (Wildman–Crippen LogP) is 4.74. The number of benzene rings is 2. The number of anilines is 2. The van der Waals surface area contributed by atoms with Gasteiger partial charge in [-0.05, 0) is 49.6 Å². The molecule has 3 rings (SSSR count). The van der Waals surface area contributed by atoms with Crippen molar-refractivity contribution in [3.05, 3.63) is 63.9 Å². The van der Waals surface area contributed by atoms with E-state index in [4.69, 9.17) is 11.6 Å². The van der Waals surface area contributed by atoms with Crippen LogP contribution in [0.1, 0.15) is 22.5 Å². The molecule has 0 radical (unpaired) electrons. The number of thioether (sulfide) groups is 1. The molecule has 0 saturated heterocycles. The average molecular weight is 430 g/mol. The second kappa shape index (κ2) is 9.33. The number of carbonyl (C=O) groups is 1. The summed E-state index contributed by atoms with van der Waals surface area (Å²) in [7, 11) is 1.90. The van der Waals surface area contributed by atoms with Gasteiger partial charge in [0.25, 0.3) is 0 Å². The minimum atomic E-state index is -0.138. The molecule has 3 aromatic rings. The first kappa shape index (κ1) is 21.2. The summed E-state index contributed by atoms with van der Waals surface area (Å²) in [5, 5.41) is 16.0. The van der Waals surface area contributed by atoms with Gasteiger partial charge in [-0.25, -0.2) is 0 Å². The largest absolute Gasteiger partial charge is 0.377 e. The Morgan fingerprint density at radius 3 is 2.59 bits per heavy atom. The number of halogens is 1. The highest BCUT2D eigenvalue weighted by molar-refractivity contribution is 7.99. The average Bonchev–Trinajstić information content (AvgIpc) is 3.02. The summed E-state index contributed by atoms with van der Waals surface area (Å²) in [6, 6.07) is 11.7. The Labute approximate surface area is 180 Å². The molecule has 0 aliphatic heterocycles. The van der Waals surface area contributed by atoms with Gasteiger partial charge in [0.05, 0.1) is 23.0 Å². The van der Waals surface area contributed by atoms with Gasteiger partial charge >= 0.3 is 0 Å². The van der Waals surface area contributed by atoms with E-state index in [0.29, 0.717) is 22.4 Å². The molecule has 29 heavy (non-hydrogen) atoms. The number of aromatic nitrogens is 3. The molecular formula is C21H24ClN5OS. The van der Waals surface area contributed by atoms with Gasteiger partial charge in [-0.3, -0.25) is 4.79 Å². The number of amides is 1.